The molecule has 0 aliphatic rings. The summed E-state index contributed by atoms with van der Waals surface area (Å²) in [5, 5.41) is 8.23. The molecule has 0 spiro atoms. The monoisotopic (exact) mass is 203 g/mol. The Balaban J connectivity index is 3.18. The van der Waals surface area contributed by atoms with Crippen molar-refractivity contribution in [3.8, 4) is 6.07 Å². The summed E-state index contributed by atoms with van der Waals surface area (Å²) in [6, 6.07) is 1.96. The molecule has 0 amide bonds. The van der Waals surface area contributed by atoms with Crippen molar-refractivity contribution in [3.63, 3.8) is 0 Å². The van der Waals surface area contributed by atoms with Crippen molar-refractivity contribution < 1.29 is 0 Å². The van der Waals surface area contributed by atoms with Crippen LogP contribution >= 0.6 is 0 Å². The molecule has 0 radical (unpaired) electrons. The van der Waals surface area contributed by atoms with Gasteiger partial charge in [-0.05, 0) is 32.1 Å². The quantitative estimate of drug-likeness (QED) is 0.246. The smallest absolute Gasteiger partial charge is 0.0912 e. The van der Waals surface area contributed by atoms with Gasteiger partial charge in [-0.2, -0.15) is 5.26 Å². The minimum Gasteiger partial charge on any atom is -0.193 e. The Kier molecular flexibility index (Phi) is 11.6. The first-order valence-electron chi connectivity index (χ1n) is 5.78. The van der Waals surface area contributed by atoms with Gasteiger partial charge in [0, 0.05) is 6.08 Å². The van der Waals surface area contributed by atoms with E-state index in [1.165, 1.54) is 31.8 Å². The fourth-order valence-corrected chi connectivity index (χ4v) is 1.26. The average Bonchev–Trinajstić information content (AvgIpc) is 2.26. The zero-order valence-electron chi connectivity index (χ0n) is 9.65. The first-order valence-corrected chi connectivity index (χ1v) is 5.78. The molecule has 0 aliphatic heterocycles. The van der Waals surface area contributed by atoms with Crippen molar-refractivity contribution in [2.45, 2.75) is 45.4 Å². The van der Waals surface area contributed by atoms with E-state index < -0.39 is 0 Å². The van der Waals surface area contributed by atoms with E-state index in [-0.39, 0.29) is 0 Å². The summed E-state index contributed by atoms with van der Waals surface area (Å²) in [4.78, 5) is 0. The molecule has 1 heteroatoms. The van der Waals surface area contributed by atoms with Gasteiger partial charge in [0.1, 0.15) is 0 Å². The highest BCUT2D eigenvalue weighted by Crippen LogP contribution is 2.04. The lowest BCUT2D eigenvalue weighted by Crippen LogP contribution is -1.74. The number of nitriles is 1. The molecule has 82 valence electrons. The molecule has 0 atom stereocenters. The van der Waals surface area contributed by atoms with E-state index in [1.54, 1.807) is 6.08 Å². The third-order valence-corrected chi connectivity index (χ3v) is 2.06. The number of rotatable bonds is 8. The first kappa shape index (κ1) is 13.7. The van der Waals surface area contributed by atoms with Gasteiger partial charge in [-0.15, -0.1) is 0 Å². The summed E-state index contributed by atoms with van der Waals surface area (Å²) >= 11 is 0. The minimum absolute atomic E-state index is 1.12. The standard InChI is InChI=1S/C14H21N/c1-2-3-4-5-6-7-8-9-10-11-12-13-14-15/h3-4,10-13H,2,5-9H2,1H3/b4-3+,11-10+,13-12+. The Morgan fingerprint density at radius 3 is 2.33 bits per heavy atom. The Hall–Kier alpha value is -1.29. The second-order valence-corrected chi connectivity index (χ2v) is 3.43. The molecule has 0 bridgehead atoms. The molecule has 0 aromatic carbocycles. The molecule has 0 aromatic rings. The molecule has 15 heavy (non-hydrogen) atoms. The van der Waals surface area contributed by atoms with Crippen molar-refractivity contribution in [2.24, 2.45) is 0 Å². The van der Waals surface area contributed by atoms with Crippen molar-refractivity contribution in [1.29, 1.82) is 5.26 Å². The van der Waals surface area contributed by atoms with Gasteiger partial charge >= 0.3 is 0 Å². The first-order chi connectivity index (χ1) is 7.41. The molecule has 1 nitrogen and oxygen atoms in total. The lowest BCUT2D eigenvalue weighted by Gasteiger charge is -1.94. The van der Waals surface area contributed by atoms with Crippen LogP contribution in [-0.4, -0.2) is 0 Å². The van der Waals surface area contributed by atoms with Crippen molar-refractivity contribution in [2.75, 3.05) is 0 Å². The van der Waals surface area contributed by atoms with Crippen molar-refractivity contribution >= 4 is 0 Å². The summed E-state index contributed by atoms with van der Waals surface area (Å²) in [6.07, 6.45) is 19.1. The molecular formula is C14H21N. The highest BCUT2D eigenvalue weighted by atomic mass is 14.2. The van der Waals surface area contributed by atoms with E-state index in [1.807, 2.05) is 12.1 Å². The second kappa shape index (κ2) is 12.7. The van der Waals surface area contributed by atoms with Gasteiger partial charge < -0.3 is 0 Å². The SMILES string of the molecule is CC/C=C/CCCCC/C=C/C=C/C#N. The predicted octanol–water partition coefficient (Wildman–Crippen LogP) is 4.54. The van der Waals surface area contributed by atoms with E-state index >= 15 is 0 Å². The largest absolute Gasteiger partial charge is 0.193 e. The van der Waals surface area contributed by atoms with Crippen LogP contribution in [0.25, 0.3) is 0 Å². The van der Waals surface area contributed by atoms with Gasteiger partial charge in [0.05, 0.1) is 6.07 Å². The van der Waals surface area contributed by atoms with E-state index in [0.717, 1.165) is 12.8 Å². The van der Waals surface area contributed by atoms with Crippen LogP contribution in [0.5, 0.6) is 0 Å². The maximum absolute atomic E-state index is 8.23. The molecule has 0 saturated carbocycles. The topological polar surface area (TPSA) is 23.8 Å². The van der Waals surface area contributed by atoms with Gasteiger partial charge in [0.25, 0.3) is 0 Å². The Morgan fingerprint density at radius 1 is 0.933 bits per heavy atom. The number of hydrogen-bond donors (Lipinski definition) is 0. The fourth-order valence-electron chi connectivity index (χ4n) is 1.26. The van der Waals surface area contributed by atoms with Gasteiger partial charge in [0.2, 0.25) is 0 Å². The molecule has 0 aromatic heterocycles. The van der Waals surface area contributed by atoms with E-state index in [0.29, 0.717) is 0 Å². The van der Waals surface area contributed by atoms with E-state index in [4.69, 9.17) is 5.26 Å². The highest BCUT2D eigenvalue weighted by molar-refractivity contribution is 5.11. The normalized spacial score (nSPS) is 11.7. The highest BCUT2D eigenvalue weighted by Gasteiger charge is 1.84. The number of unbranched alkanes of at least 4 members (excludes halogenated alkanes) is 4. The Bertz CT molecular complexity index is 241. The second-order valence-electron chi connectivity index (χ2n) is 3.43. The molecule has 0 heterocycles. The zero-order chi connectivity index (χ0) is 11.2. The summed E-state index contributed by atoms with van der Waals surface area (Å²) in [5.41, 5.74) is 0. The van der Waals surface area contributed by atoms with Crippen molar-refractivity contribution in [1.82, 2.24) is 0 Å². The molecule has 0 rings (SSSR count). The maximum atomic E-state index is 8.23. The Morgan fingerprint density at radius 2 is 1.67 bits per heavy atom. The summed E-state index contributed by atoms with van der Waals surface area (Å²) in [6.45, 7) is 2.16. The van der Waals surface area contributed by atoms with Crippen LogP contribution in [0.2, 0.25) is 0 Å². The number of nitrogens with zero attached hydrogens (tertiary/aromatic N) is 1. The Labute approximate surface area is 93.8 Å². The van der Waals surface area contributed by atoms with Gasteiger partial charge in [0.15, 0.2) is 0 Å². The average molecular weight is 203 g/mol. The maximum Gasteiger partial charge on any atom is 0.0912 e. The van der Waals surface area contributed by atoms with Crippen LogP contribution in [0.15, 0.2) is 36.5 Å². The molecule has 0 unspecified atom stereocenters. The fraction of sp³-hybridized carbons (Fsp3) is 0.500. The van der Waals surface area contributed by atoms with E-state index in [9.17, 15) is 0 Å². The zero-order valence-corrected chi connectivity index (χ0v) is 9.65. The lowest BCUT2D eigenvalue weighted by atomic mass is 10.1. The summed E-state index contributed by atoms with van der Waals surface area (Å²) in [7, 11) is 0. The number of hydrogen-bond acceptors (Lipinski definition) is 1. The molecular weight excluding hydrogens is 182 g/mol. The third-order valence-electron chi connectivity index (χ3n) is 2.06. The van der Waals surface area contributed by atoms with Crippen LogP contribution in [0.1, 0.15) is 45.4 Å². The van der Waals surface area contributed by atoms with Crippen LogP contribution < -0.4 is 0 Å². The summed E-state index contributed by atoms with van der Waals surface area (Å²) < 4.78 is 0. The molecule has 0 aliphatic carbocycles. The van der Waals surface area contributed by atoms with Crippen LogP contribution in [-0.2, 0) is 0 Å². The van der Waals surface area contributed by atoms with Crippen LogP contribution in [0, 0.1) is 11.3 Å². The molecule has 0 fully saturated rings. The molecule has 0 saturated heterocycles. The predicted molar refractivity (Wildman–Crippen MR) is 66.4 cm³/mol. The molecule has 0 N–H and O–H groups in total. The van der Waals surface area contributed by atoms with Gasteiger partial charge in [-0.25, -0.2) is 0 Å². The number of allylic oxidation sites excluding steroid dienone is 6. The van der Waals surface area contributed by atoms with Crippen LogP contribution in [0.3, 0.4) is 0 Å². The summed E-state index contributed by atoms with van der Waals surface area (Å²) in [5.74, 6) is 0. The van der Waals surface area contributed by atoms with Gasteiger partial charge in [-0.3, -0.25) is 0 Å². The van der Waals surface area contributed by atoms with Gasteiger partial charge in [-0.1, -0.05) is 43.7 Å². The third kappa shape index (κ3) is 12.7. The lowest BCUT2D eigenvalue weighted by molar-refractivity contribution is 0.695. The van der Waals surface area contributed by atoms with E-state index in [2.05, 4.69) is 25.2 Å². The minimum atomic E-state index is 1.12. The van der Waals surface area contributed by atoms with Crippen LogP contribution in [0.4, 0.5) is 0 Å². The van der Waals surface area contributed by atoms with Crippen molar-refractivity contribution in [3.05, 3.63) is 36.5 Å².